The first-order valence-corrected chi connectivity index (χ1v) is 10.8. The molecule has 3 heterocycles. The Morgan fingerprint density at radius 2 is 1.75 bits per heavy atom. The van der Waals surface area contributed by atoms with E-state index in [-0.39, 0.29) is 17.9 Å². The lowest BCUT2D eigenvalue weighted by atomic mass is 9.77. The highest BCUT2D eigenvalue weighted by molar-refractivity contribution is 6.03. The second-order valence-corrected chi connectivity index (χ2v) is 8.41. The van der Waals surface area contributed by atoms with Crippen LogP contribution in [0.25, 0.3) is 0 Å². The lowest BCUT2D eigenvalue weighted by Gasteiger charge is -2.23. The van der Waals surface area contributed by atoms with E-state index in [1.54, 1.807) is 19.1 Å². The summed E-state index contributed by atoms with van der Waals surface area (Å²) in [6.45, 7) is 0.902. The lowest BCUT2D eigenvalue weighted by Crippen LogP contribution is -2.44. The Hall–Kier alpha value is -3.32. The van der Waals surface area contributed by atoms with Gasteiger partial charge in [-0.05, 0) is 48.4 Å². The van der Waals surface area contributed by atoms with Gasteiger partial charge < -0.3 is 24.4 Å². The van der Waals surface area contributed by atoms with Crippen LogP contribution < -0.4 is 19.7 Å². The normalized spacial score (nSPS) is 27.5. The SMILES string of the molecule is COc1ccc(CCNC(=O)[C@H]2[C@H]3C(=O)N(c4ccc(OC)cc4)C[C@]34C=C[C@H]2O4)cc1. The number of hydrogen-bond donors (Lipinski definition) is 1. The first-order chi connectivity index (χ1) is 15.5. The van der Waals surface area contributed by atoms with E-state index in [2.05, 4.69) is 5.32 Å². The summed E-state index contributed by atoms with van der Waals surface area (Å²) in [7, 11) is 3.24. The largest absolute Gasteiger partial charge is 0.497 e. The Balaban J connectivity index is 1.27. The van der Waals surface area contributed by atoms with E-state index in [0.717, 1.165) is 22.7 Å². The summed E-state index contributed by atoms with van der Waals surface area (Å²) in [6.07, 6.45) is 4.23. The van der Waals surface area contributed by atoms with Gasteiger partial charge in [-0.2, -0.15) is 0 Å². The Kier molecular flexibility index (Phi) is 5.13. The molecule has 2 amide bonds. The van der Waals surface area contributed by atoms with Crippen molar-refractivity contribution in [3.63, 3.8) is 0 Å². The van der Waals surface area contributed by atoms with Gasteiger partial charge in [0.2, 0.25) is 11.8 Å². The van der Waals surface area contributed by atoms with Gasteiger partial charge in [0.05, 0.1) is 38.7 Å². The number of hydrogen-bond acceptors (Lipinski definition) is 5. The Morgan fingerprint density at radius 3 is 2.41 bits per heavy atom. The molecule has 0 saturated carbocycles. The van der Waals surface area contributed by atoms with Crippen LogP contribution in [-0.2, 0) is 20.7 Å². The number of rotatable bonds is 7. The standard InChI is InChI=1S/C25H26N2O5/c1-30-18-7-3-16(4-8-18)12-14-26-23(28)21-20-11-13-25(32-20)15-27(24(29)22(21)25)17-5-9-19(31-2)10-6-17/h3-11,13,20-22H,12,14-15H2,1-2H3,(H,26,28)/t20-,21-,22+,25-/m1/s1. The van der Waals surface area contributed by atoms with E-state index in [0.29, 0.717) is 19.5 Å². The van der Waals surface area contributed by atoms with Crippen LogP contribution in [0, 0.1) is 11.8 Å². The van der Waals surface area contributed by atoms with Gasteiger partial charge in [0.1, 0.15) is 17.1 Å². The van der Waals surface area contributed by atoms with Gasteiger partial charge in [0.25, 0.3) is 0 Å². The number of nitrogens with one attached hydrogen (secondary N) is 1. The quantitative estimate of drug-likeness (QED) is 0.677. The van der Waals surface area contributed by atoms with Gasteiger partial charge in [-0.15, -0.1) is 0 Å². The zero-order valence-electron chi connectivity index (χ0n) is 18.1. The van der Waals surface area contributed by atoms with Gasteiger partial charge in [-0.3, -0.25) is 9.59 Å². The maximum atomic E-state index is 13.4. The molecule has 5 rings (SSSR count). The van der Waals surface area contributed by atoms with Crippen molar-refractivity contribution in [2.45, 2.75) is 18.1 Å². The molecule has 0 aliphatic carbocycles. The van der Waals surface area contributed by atoms with Gasteiger partial charge in [-0.25, -0.2) is 0 Å². The molecular formula is C25H26N2O5. The summed E-state index contributed by atoms with van der Waals surface area (Å²) in [4.78, 5) is 28.2. The molecule has 32 heavy (non-hydrogen) atoms. The minimum atomic E-state index is -0.736. The van der Waals surface area contributed by atoms with Crippen LogP contribution in [0.5, 0.6) is 11.5 Å². The smallest absolute Gasteiger partial charge is 0.234 e. The predicted octanol–water partition coefficient (Wildman–Crippen LogP) is 2.35. The highest BCUT2D eigenvalue weighted by atomic mass is 16.5. The Bertz CT molecular complexity index is 1050. The number of ether oxygens (including phenoxy) is 3. The van der Waals surface area contributed by atoms with Crippen molar-refractivity contribution in [2.75, 3.05) is 32.2 Å². The Labute approximate surface area is 186 Å². The van der Waals surface area contributed by atoms with Crippen LogP contribution in [0.3, 0.4) is 0 Å². The van der Waals surface area contributed by atoms with Crippen molar-refractivity contribution in [3.05, 3.63) is 66.2 Å². The van der Waals surface area contributed by atoms with Gasteiger partial charge in [0.15, 0.2) is 0 Å². The molecular weight excluding hydrogens is 408 g/mol. The predicted molar refractivity (Wildman–Crippen MR) is 119 cm³/mol. The summed E-state index contributed by atoms with van der Waals surface area (Å²) in [5, 5.41) is 3.01. The third-order valence-corrected chi connectivity index (χ3v) is 6.66. The molecule has 2 fully saturated rings. The van der Waals surface area contributed by atoms with Crippen molar-refractivity contribution in [3.8, 4) is 11.5 Å². The average Bonchev–Trinajstić information content (AvgIpc) is 3.48. The molecule has 1 N–H and O–H groups in total. The van der Waals surface area contributed by atoms with Gasteiger partial charge in [0, 0.05) is 12.2 Å². The fraction of sp³-hybridized carbons (Fsp3) is 0.360. The number of anilines is 1. The summed E-state index contributed by atoms with van der Waals surface area (Å²) < 4.78 is 16.6. The van der Waals surface area contributed by atoms with Crippen molar-refractivity contribution >= 4 is 17.5 Å². The highest BCUT2D eigenvalue weighted by Gasteiger charge is 2.67. The van der Waals surface area contributed by atoms with E-state index >= 15 is 0 Å². The molecule has 0 radical (unpaired) electrons. The molecule has 2 saturated heterocycles. The first-order valence-electron chi connectivity index (χ1n) is 10.8. The van der Waals surface area contributed by atoms with Crippen LogP contribution >= 0.6 is 0 Å². The molecule has 7 nitrogen and oxygen atoms in total. The molecule has 4 atom stereocenters. The van der Waals surface area contributed by atoms with Crippen LogP contribution in [0.1, 0.15) is 5.56 Å². The number of methoxy groups -OCH3 is 2. The van der Waals surface area contributed by atoms with E-state index in [9.17, 15) is 9.59 Å². The molecule has 2 aromatic rings. The molecule has 2 aromatic carbocycles. The molecule has 0 unspecified atom stereocenters. The minimum absolute atomic E-state index is 0.0719. The van der Waals surface area contributed by atoms with Crippen molar-refractivity contribution < 1.29 is 23.8 Å². The number of carbonyl (C=O) groups excluding carboxylic acids is 2. The molecule has 2 bridgehead atoms. The molecule has 166 valence electrons. The van der Waals surface area contributed by atoms with Crippen molar-refractivity contribution in [2.24, 2.45) is 11.8 Å². The molecule has 7 heteroatoms. The van der Waals surface area contributed by atoms with Gasteiger partial charge >= 0.3 is 0 Å². The summed E-state index contributed by atoms with van der Waals surface area (Å²) in [6, 6.07) is 15.1. The first kappa shape index (κ1) is 20.6. The maximum absolute atomic E-state index is 13.4. The summed E-state index contributed by atoms with van der Waals surface area (Å²) >= 11 is 0. The van der Waals surface area contributed by atoms with Crippen LogP contribution in [0.2, 0.25) is 0 Å². The molecule has 1 spiro atoms. The fourth-order valence-corrected chi connectivity index (χ4v) is 5.02. The number of benzene rings is 2. The van der Waals surface area contributed by atoms with E-state index in [4.69, 9.17) is 14.2 Å². The Morgan fingerprint density at radius 1 is 1.09 bits per heavy atom. The molecule has 0 aromatic heterocycles. The van der Waals surface area contributed by atoms with Crippen LogP contribution in [0.15, 0.2) is 60.7 Å². The zero-order valence-corrected chi connectivity index (χ0v) is 18.1. The average molecular weight is 434 g/mol. The third kappa shape index (κ3) is 3.33. The summed E-state index contributed by atoms with van der Waals surface area (Å²) in [5.74, 6) is 0.286. The topological polar surface area (TPSA) is 77.1 Å². The number of amides is 2. The minimum Gasteiger partial charge on any atom is -0.497 e. The van der Waals surface area contributed by atoms with Crippen LogP contribution in [0.4, 0.5) is 5.69 Å². The second-order valence-electron chi connectivity index (χ2n) is 8.41. The van der Waals surface area contributed by atoms with Crippen molar-refractivity contribution in [1.29, 1.82) is 0 Å². The highest BCUT2D eigenvalue weighted by Crippen LogP contribution is 2.52. The van der Waals surface area contributed by atoms with Gasteiger partial charge in [-0.1, -0.05) is 24.3 Å². The number of fused-ring (bicyclic) bond motifs is 1. The second kappa shape index (κ2) is 7.98. The van der Waals surface area contributed by atoms with E-state index in [1.807, 2.05) is 60.7 Å². The van der Waals surface area contributed by atoms with Crippen LogP contribution in [-0.4, -0.2) is 50.8 Å². The molecule has 3 aliphatic rings. The monoisotopic (exact) mass is 434 g/mol. The van der Waals surface area contributed by atoms with Crippen molar-refractivity contribution in [1.82, 2.24) is 5.32 Å². The van der Waals surface area contributed by atoms with E-state index < -0.39 is 17.4 Å². The number of carbonyl (C=O) groups is 2. The van der Waals surface area contributed by atoms with E-state index in [1.165, 1.54) is 0 Å². The maximum Gasteiger partial charge on any atom is 0.234 e. The number of nitrogens with zero attached hydrogens (tertiary/aromatic N) is 1. The summed E-state index contributed by atoms with van der Waals surface area (Å²) in [5.41, 5.74) is 1.15. The fourth-order valence-electron chi connectivity index (χ4n) is 5.02. The molecule has 3 aliphatic heterocycles. The zero-order chi connectivity index (χ0) is 22.3. The third-order valence-electron chi connectivity index (χ3n) is 6.66. The lowest BCUT2D eigenvalue weighted by molar-refractivity contribution is -0.131.